The summed E-state index contributed by atoms with van der Waals surface area (Å²) in [6.07, 6.45) is 2.51. The molecule has 2 N–H and O–H groups in total. The molecule has 1 aromatic carbocycles. The highest BCUT2D eigenvalue weighted by molar-refractivity contribution is 6.37. The molecule has 1 aliphatic rings. The van der Waals surface area contributed by atoms with Crippen LogP contribution in [0.15, 0.2) is 44.8 Å². The largest absolute Gasteiger partial charge is 0.453 e. The van der Waals surface area contributed by atoms with Gasteiger partial charge in [0.1, 0.15) is 11.4 Å². The highest BCUT2D eigenvalue weighted by Crippen LogP contribution is 2.39. The number of amides is 1. The lowest BCUT2D eigenvalue weighted by molar-refractivity contribution is 0.0634. The first-order valence-electron chi connectivity index (χ1n) is 10.5. The minimum atomic E-state index is -0.923. The Labute approximate surface area is 208 Å². The van der Waals surface area contributed by atoms with Crippen molar-refractivity contribution < 1.29 is 14.3 Å². The normalized spacial score (nSPS) is 13.4. The number of rotatable bonds is 5. The van der Waals surface area contributed by atoms with Crippen LogP contribution in [0.25, 0.3) is 5.69 Å². The molecule has 3 aromatic rings. The Morgan fingerprint density at radius 3 is 2.40 bits per heavy atom. The molecule has 2 heterocycles. The van der Waals surface area contributed by atoms with E-state index in [1.165, 1.54) is 24.3 Å². The minimum Gasteiger partial charge on any atom is -0.453 e. The van der Waals surface area contributed by atoms with E-state index in [0.717, 1.165) is 17.5 Å². The number of carbonyl (C=O) groups is 1. The van der Waals surface area contributed by atoms with Gasteiger partial charge in [0, 0.05) is 12.1 Å². The first kappa shape index (κ1) is 24.6. The number of H-pyrrole nitrogens is 1. The number of carbonyl (C=O) groups excluding carboxylic acids is 1. The molecule has 0 atom stereocenters. The minimum absolute atomic E-state index is 0.0400. The van der Waals surface area contributed by atoms with Gasteiger partial charge in [-0.15, -0.1) is 5.10 Å². The third-order valence-corrected chi connectivity index (χ3v) is 5.31. The highest BCUT2D eigenvalue weighted by atomic mass is 35.5. The van der Waals surface area contributed by atoms with Crippen LogP contribution in [0.5, 0.6) is 11.5 Å². The van der Waals surface area contributed by atoms with Gasteiger partial charge in [-0.25, -0.2) is 9.59 Å². The van der Waals surface area contributed by atoms with Gasteiger partial charge in [-0.2, -0.15) is 4.68 Å². The third-order valence-electron chi connectivity index (χ3n) is 4.75. The lowest BCUT2D eigenvalue weighted by atomic mass is 10.2. The second kappa shape index (κ2) is 9.23. The number of benzene rings is 1. The summed E-state index contributed by atoms with van der Waals surface area (Å²) in [5.74, 6) is -0.00681. The Morgan fingerprint density at radius 2 is 1.80 bits per heavy atom. The Balaban J connectivity index is 1.65. The molecule has 1 fully saturated rings. The van der Waals surface area contributed by atoms with E-state index in [1.807, 2.05) is 0 Å². The van der Waals surface area contributed by atoms with Gasteiger partial charge >= 0.3 is 11.8 Å². The fourth-order valence-electron chi connectivity index (χ4n) is 3.12. The Morgan fingerprint density at radius 1 is 1.14 bits per heavy atom. The van der Waals surface area contributed by atoms with Crippen molar-refractivity contribution in [3.05, 3.63) is 71.7 Å². The second-order valence-electron chi connectivity index (χ2n) is 8.83. The standard InChI is InChI=1S/C22H21Cl2N5O6/c1-22(2,3)35-21(33)25-18-19(31)26-20(32)29(27-18)12-8-14(23)17(15(24)9-12)34-13-6-7-16(30)28(10-13)11-4-5-11/h6-11H,4-5H2,1-3H3,(H,25,27,33)(H,26,31,32). The molecule has 0 aliphatic heterocycles. The molecule has 0 spiro atoms. The van der Waals surface area contributed by atoms with Gasteiger partial charge in [-0.05, 0) is 51.8 Å². The first-order valence-corrected chi connectivity index (χ1v) is 11.3. The zero-order chi connectivity index (χ0) is 25.5. The number of anilines is 1. The van der Waals surface area contributed by atoms with Crippen molar-refractivity contribution in [2.45, 2.75) is 45.3 Å². The van der Waals surface area contributed by atoms with Crippen molar-refractivity contribution in [2.75, 3.05) is 5.32 Å². The molecule has 0 unspecified atom stereocenters. The third kappa shape index (κ3) is 5.75. The molecule has 0 saturated heterocycles. The van der Waals surface area contributed by atoms with E-state index in [1.54, 1.807) is 31.5 Å². The molecule has 13 heteroatoms. The highest BCUT2D eigenvalue weighted by Gasteiger charge is 2.25. The molecule has 4 rings (SSSR count). The van der Waals surface area contributed by atoms with E-state index in [0.29, 0.717) is 5.75 Å². The van der Waals surface area contributed by atoms with E-state index in [2.05, 4.69) is 15.4 Å². The molecule has 0 bridgehead atoms. The fraction of sp³-hybridized carbons (Fsp3) is 0.318. The van der Waals surface area contributed by atoms with Crippen LogP contribution in [-0.4, -0.2) is 31.0 Å². The van der Waals surface area contributed by atoms with E-state index in [-0.39, 0.29) is 33.1 Å². The lowest BCUT2D eigenvalue weighted by Gasteiger charge is -2.19. The molecule has 184 valence electrons. The Kier molecular flexibility index (Phi) is 6.48. The van der Waals surface area contributed by atoms with Crippen LogP contribution in [0.2, 0.25) is 10.0 Å². The second-order valence-corrected chi connectivity index (χ2v) is 9.64. The molecular formula is C22H21Cl2N5O6. The van der Waals surface area contributed by atoms with Crippen LogP contribution in [0.4, 0.5) is 10.6 Å². The molecule has 0 radical (unpaired) electrons. The number of hydrogen-bond acceptors (Lipinski definition) is 7. The topological polar surface area (TPSA) is 137 Å². The van der Waals surface area contributed by atoms with Gasteiger partial charge in [0.05, 0.1) is 21.9 Å². The first-order chi connectivity index (χ1) is 16.4. The van der Waals surface area contributed by atoms with Crippen molar-refractivity contribution in [3.63, 3.8) is 0 Å². The van der Waals surface area contributed by atoms with Gasteiger partial charge in [0.15, 0.2) is 5.75 Å². The smallest absolute Gasteiger partial charge is 0.413 e. The van der Waals surface area contributed by atoms with E-state index in [9.17, 15) is 19.2 Å². The summed E-state index contributed by atoms with van der Waals surface area (Å²) in [5, 5.41) is 6.20. The van der Waals surface area contributed by atoms with Crippen molar-refractivity contribution in [1.29, 1.82) is 0 Å². The SMILES string of the molecule is CC(C)(C)OC(=O)Nc1nn(-c2cc(Cl)c(Oc3ccc(=O)n(C4CC4)c3)c(Cl)c2)c(=O)[nH]c1=O. The summed E-state index contributed by atoms with van der Waals surface area (Å²) in [4.78, 5) is 50.6. The molecule has 1 saturated carbocycles. The maximum Gasteiger partial charge on any atom is 0.413 e. The quantitative estimate of drug-likeness (QED) is 0.519. The predicted molar refractivity (Wildman–Crippen MR) is 129 cm³/mol. The maximum atomic E-state index is 12.4. The van der Waals surface area contributed by atoms with Crippen LogP contribution in [0.1, 0.15) is 39.7 Å². The van der Waals surface area contributed by atoms with Crippen LogP contribution in [0.3, 0.4) is 0 Å². The van der Waals surface area contributed by atoms with Crippen molar-refractivity contribution >= 4 is 35.1 Å². The van der Waals surface area contributed by atoms with Crippen LogP contribution in [-0.2, 0) is 4.74 Å². The van der Waals surface area contributed by atoms with Crippen LogP contribution >= 0.6 is 23.2 Å². The van der Waals surface area contributed by atoms with Gasteiger partial charge in [0.2, 0.25) is 5.82 Å². The summed E-state index contributed by atoms with van der Waals surface area (Å²) < 4.78 is 13.3. The Bertz CT molecular complexity index is 1460. The molecular weight excluding hydrogens is 501 g/mol. The van der Waals surface area contributed by atoms with Crippen molar-refractivity contribution in [3.8, 4) is 17.2 Å². The van der Waals surface area contributed by atoms with Gasteiger partial charge in [-0.3, -0.25) is 19.9 Å². The van der Waals surface area contributed by atoms with E-state index < -0.39 is 28.8 Å². The summed E-state index contributed by atoms with van der Waals surface area (Å²) in [5.41, 5.74) is -2.65. The molecule has 1 amide bonds. The number of nitrogens with one attached hydrogen (secondary N) is 2. The summed E-state index contributed by atoms with van der Waals surface area (Å²) in [6, 6.07) is 5.76. The molecule has 11 nitrogen and oxygen atoms in total. The Hall–Kier alpha value is -3.57. The van der Waals surface area contributed by atoms with Gasteiger partial charge in [0.25, 0.3) is 11.1 Å². The monoisotopic (exact) mass is 521 g/mol. The summed E-state index contributed by atoms with van der Waals surface area (Å²) in [6.45, 7) is 4.96. The molecule has 35 heavy (non-hydrogen) atoms. The lowest BCUT2D eigenvalue weighted by Crippen LogP contribution is -2.36. The molecule has 1 aliphatic carbocycles. The summed E-state index contributed by atoms with van der Waals surface area (Å²) >= 11 is 12.8. The number of hydrogen-bond donors (Lipinski definition) is 2. The number of aromatic nitrogens is 4. The molecule has 2 aromatic heterocycles. The number of aromatic amines is 1. The van der Waals surface area contributed by atoms with E-state index >= 15 is 0 Å². The average Bonchev–Trinajstić information content (AvgIpc) is 3.57. The maximum absolute atomic E-state index is 12.4. The average molecular weight is 522 g/mol. The number of pyridine rings is 1. The number of nitrogens with zero attached hydrogens (tertiary/aromatic N) is 3. The zero-order valence-corrected chi connectivity index (χ0v) is 20.4. The van der Waals surface area contributed by atoms with Crippen LogP contribution in [0, 0.1) is 0 Å². The van der Waals surface area contributed by atoms with Gasteiger partial charge in [-0.1, -0.05) is 23.2 Å². The zero-order valence-electron chi connectivity index (χ0n) is 18.9. The predicted octanol–water partition coefficient (Wildman–Crippen LogP) is 3.86. The van der Waals surface area contributed by atoms with Crippen molar-refractivity contribution in [1.82, 2.24) is 19.3 Å². The van der Waals surface area contributed by atoms with Gasteiger partial charge < -0.3 is 14.0 Å². The van der Waals surface area contributed by atoms with E-state index in [4.69, 9.17) is 32.7 Å². The number of halogens is 2. The summed E-state index contributed by atoms with van der Waals surface area (Å²) in [7, 11) is 0. The van der Waals surface area contributed by atoms with Crippen LogP contribution < -0.4 is 26.9 Å². The number of ether oxygens (including phenoxy) is 2. The van der Waals surface area contributed by atoms with Crippen molar-refractivity contribution in [2.24, 2.45) is 0 Å². The fourth-order valence-corrected chi connectivity index (χ4v) is 3.68.